The largest absolute Gasteiger partial charge is 0.465 e. The Morgan fingerprint density at radius 2 is 2.50 bits per heavy atom. The first-order chi connectivity index (χ1) is 6.79. The Hall–Kier alpha value is -1.60. The second kappa shape index (κ2) is 5.20. The van der Waals surface area contributed by atoms with Crippen LogP contribution in [0.2, 0.25) is 0 Å². The lowest BCUT2D eigenvalue weighted by atomic mass is 10.2. The molecule has 14 heavy (non-hydrogen) atoms. The normalized spacial score (nSPS) is 8.64. The Morgan fingerprint density at radius 3 is 3.14 bits per heavy atom. The van der Waals surface area contributed by atoms with Gasteiger partial charge in [0.15, 0.2) is 0 Å². The summed E-state index contributed by atoms with van der Waals surface area (Å²) in [6.07, 6.45) is 0.896. The number of methoxy groups -OCH3 is 1. The lowest BCUT2D eigenvalue weighted by Crippen LogP contribution is -1.99. The fourth-order valence-corrected chi connectivity index (χ4v) is 1.61. The Kier molecular flexibility index (Phi) is 3.89. The molecule has 0 aliphatic rings. The van der Waals surface area contributed by atoms with Crippen LogP contribution in [0.25, 0.3) is 0 Å². The first-order valence-electron chi connectivity index (χ1n) is 3.88. The highest BCUT2D eigenvalue weighted by molar-refractivity contribution is 7.12. The molecule has 0 aliphatic heterocycles. The molecule has 4 heteroatoms. The average molecular weight is 208 g/mol. The number of esters is 1. The summed E-state index contributed by atoms with van der Waals surface area (Å²) < 4.78 is 4.58. The van der Waals surface area contributed by atoms with Crippen LogP contribution in [0.4, 0.5) is 0 Å². The van der Waals surface area contributed by atoms with Crippen molar-refractivity contribution < 1.29 is 14.3 Å². The maximum absolute atomic E-state index is 11.2. The van der Waals surface area contributed by atoms with Crippen LogP contribution in [0.3, 0.4) is 0 Å². The van der Waals surface area contributed by atoms with Crippen LogP contribution in [-0.2, 0) is 9.53 Å². The first kappa shape index (κ1) is 10.5. The van der Waals surface area contributed by atoms with Crippen LogP contribution in [-0.4, -0.2) is 19.4 Å². The molecule has 0 bridgehead atoms. The minimum atomic E-state index is -0.393. The van der Waals surface area contributed by atoms with Crippen molar-refractivity contribution in [1.82, 2.24) is 0 Å². The van der Waals surface area contributed by atoms with Gasteiger partial charge in [0, 0.05) is 5.56 Å². The van der Waals surface area contributed by atoms with Gasteiger partial charge < -0.3 is 9.53 Å². The molecular weight excluding hydrogens is 200 g/mol. The second-order valence-electron chi connectivity index (χ2n) is 2.33. The quantitative estimate of drug-likeness (QED) is 0.420. The predicted molar refractivity (Wildman–Crippen MR) is 53.2 cm³/mol. The maximum atomic E-state index is 11.2. The molecule has 3 nitrogen and oxygen atoms in total. The van der Waals surface area contributed by atoms with Gasteiger partial charge in [0.2, 0.25) is 0 Å². The van der Waals surface area contributed by atoms with Gasteiger partial charge in [-0.15, -0.1) is 11.3 Å². The summed E-state index contributed by atoms with van der Waals surface area (Å²) in [5, 5.41) is 1.76. The average Bonchev–Trinajstić information content (AvgIpc) is 2.65. The predicted octanol–water partition coefficient (Wildman–Crippen LogP) is 1.48. The van der Waals surface area contributed by atoms with Gasteiger partial charge in [-0.1, -0.05) is 11.8 Å². The van der Waals surface area contributed by atoms with Gasteiger partial charge in [0.05, 0.1) is 13.5 Å². The van der Waals surface area contributed by atoms with Crippen molar-refractivity contribution in [3.8, 4) is 11.8 Å². The minimum Gasteiger partial charge on any atom is -0.465 e. The highest BCUT2D eigenvalue weighted by atomic mass is 32.1. The summed E-state index contributed by atoms with van der Waals surface area (Å²) in [6, 6.07) is 1.73. The highest BCUT2D eigenvalue weighted by Gasteiger charge is 2.11. The molecule has 0 saturated carbocycles. The van der Waals surface area contributed by atoms with Crippen molar-refractivity contribution in [2.24, 2.45) is 0 Å². The van der Waals surface area contributed by atoms with Crippen molar-refractivity contribution in [2.75, 3.05) is 7.11 Å². The van der Waals surface area contributed by atoms with E-state index in [1.807, 2.05) is 0 Å². The zero-order valence-electron chi connectivity index (χ0n) is 7.57. The van der Waals surface area contributed by atoms with E-state index in [0.717, 1.165) is 6.29 Å². The van der Waals surface area contributed by atoms with E-state index in [0.29, 0.717) is 10.4 Å². The summed E-state index contributed by atoms with van der Waals surface area (Å²) >= 11 is 1.27. The summed E-state index contributed by atoms with van der Waals surface area (Å²) in [5.74, 6) is 4.98. The lowest BCUT2D eigenvalue weighted by molar-refractivity contribution is -0.107. The van der Waals surface area contributed by atoms with E-state index in [-0.39, 0.29) is 6.42 Å². The second-order valence-corrected chi connectivity index (χ2v) is 3.24. The van der Waals surface area contributed by atoms with Crippen LogP contribution >= 0.6 is 11.3 Å². The third-order valence-corrected chi connectivity index (χ3v) is 2.34. The van der Waals surface area contributed by atoms with E-state index in [1.165, 1.54) is 18.4 Å². The number of ether oxygens (including phenoxy) is 1. The SMILES string of the molecule is COC(=O)c1sccc1C#CCC=O. The molecule has 0 amide bonds. The Morgan fingerprint density at radius 1 is 1.71 bits per heavy atom. The Bertz CT molecular complexity index is 395. The summed E-state index contributed by atoms with van der Waals surface area (Å²) in [6.45, 7) is 0. The molecule has 1 rings (SSSR count). The zero-order valence-corrected chi connectivity index (χ0v) is 8.39. The zero-order chi connectivity index (χ0) is 10.4. The highest BCUT2D eigenvalue weighted by Crippen LogP contribution is 2.16. The number of hydrogen-bond donors (Lipinski definition) is 0. The van der Waals surface area contributed by atoms with Gasteiger partial charge in [0.1, 0.15) is 11.2 Å². The fraction of sp³-hybridized carbons (Fsp3) is 0.200. The Balaban J connectivity index is 2.89. The van der Waals surface area contributed by atoms with Gasteiger partial charge in [-0.2, -0.15) is 0 Å². The van der Waals surface area contributed by atoms with Crippen molar-refractivity contribution in [2.45, 2.75) is 6.42 Å². The van der Waals surface area contributed by atoms with Gasteiger partial charge in [-0.3, -0.25) is 0 Å². The van der Waals surface area contributed by atoms with Crippen LogP contribution in [0.1, 0.15) is 21.7 Å². The number of carbonyl (C=O) groups is 2. The molecule has 0 unspecified atom stereocenters. The molecule has 0 aliphatic carbocycles. The van der Waals surface area contributed by atoms with Crippen molar-refractivity contribution >= 4 is 23.6 Å². The molecule has 72 valence electrons. The standard InChI is InChI=1S/C10H8O3S/c1-13-10(12)9-8(5-7-14-9)4-2-3-6-11/h5-7H,3H2,1H3. The first-order valence-corrected chi connectivity index (χ1v) is 4.76. The van der Waals surface area contributed by atoms with E-state index in [1.54, 1.807) is 11.4 Å². The number of hydrogen-bond acceptors (Lipinski definition) is 4. The van der Waals surface area contributed by atoms with Crippen LogP contribution in [0.5, 0.6) is 0 Å². The molecule has 0 fully saturated rings. The smallest absolute Gasteiger partial charge is 0.349 e. The molecule has 0 aromatic carbocycles. The third kappa shape index (κ3) is 2.44. The van der Waals surface area contributed by atoms with Crippen molar-refractivity contribution in [1.29, 1.82) is 0 Å². The summed E-state index contributed by atoms with van der Waals surface area (Å²) in [5.41, 5.74) is 0.615. The van der Waals surface area contributed by atoms with E-state index < -0.39 is 5.97 Å². The van der Waals surface area contributed by atoms with Crippen LogP contribution < -0.4 is 0 Å². The molecule has 0 radical (unpaired) electrons. The minimum absolute atomic E-state index is 0.177. The third-order valence-electron chi connectivity index (χ3n) is 1.44. The van der Waals surface area contributed by atoms with E-state index in [2.05, 4.69) is 16.6 Å². The molecular formula is C10H8O3S. The fourth-order valence-electron chi connectivity index (χ4n) is 0.846. The van der Waals surface area contributed by atoms with E-state index in [4.69, 9.17) is 0 Å². The summed E-state index contributed by atoms with van der Waals surface area (Å²) in [7, 11) is 1.32. The van der Waals surface area contributed by atoms with Gasteiger partial charge in [-0.25, -0.2) is 4.79 Å². The molecule has 1 aromatic rings. The molecule has 0 spiro atoms. The van der Waals surface area contributed by atoms with Crippen LogP contribution in [0.15, 0.2) is 11.4 Å². The lowest BCUT2D eigenvalue weighted by Gasteiger charge is -1.94. The number of carbonyl (C=O) groups excluding carboxylic acids is 2. The number of aldehydes is 1. The van der Waals surface area contributed by atoms with E-state index >= 15 is 0 Å². The molecule has 0 atom stereocenters. The number of thiophene rings is 1. The number of rotatable bonds is 2. The molecule has 1 heterocycles. The van der Waals surface area contributed by atoms with Crippen LogP contribution in [0, 0.1) is 11.8 Å². The molecule has 0 saturated heterocycles. The topological polar surface area (TPSA) is 43.4 Å². The van der Waals surface area contributed by atoms with Gasteiger partial charge in [-0.05, 0) is 11.4 Å². The molecule has 0 N–H and O–H groups in total. The Labute approximate surface area is 85.7 Å². The summed E-state index contributed by atoms with van der Waals surface area (Å²) in [4.78, 5) is 21.7. The van der Waals surface area contributed by atoms with Crippen molar-refractivity contribution in [3.63, 3.8) is 0 Å². The van der Waals surface area contributed by atoms with Crippen molar-refractivity contribution in [3.05, 3.63) is 21.9 Å². The monoisotopic (exact) mass is 208 g/mol. The molecule has 1 aromatic heterocycles. The van der Waals surface area contributed by atoms with Gasteiger partial charge >= 0.3 is 5.97 Å². The van der Waals surface area contributed by atoms with Gasteiger partial charge in [0.25, 0.3) is 0 Å². The van der Waals surface area contributed by atoms with E-state index in [9.17, 15) is 9.59 Å². The maximum Gasteiger partial charge on any atom is 0.349 e.